The molecule has 0 aliphatic heterocycles. The highest BCUT2D eigenvalue weighted by Gasteiger charge is 2.34. The number of hydrogen-bond donors (Lipinski definition) is 0. The predicted molar refractivity (Wildman–Crippen MR) is 103 cm³/mol. The average Bonchev–Trinajstić information content (AvgIpc) is 2.95. The van der Waals surface area contributed by atoms with E-state index in [0.717, 1.165) is 22.4 Å². The van der Waals surface area contributed by atoms with Gasteiger partial charge >= 0.3 is 0 Å². The first kappa shape index (κ1) is 14.7. The summed E-state index contributed by atoms with van der Waals surface area (Å²) in [7, 11) is 0. The van der Waals surface area contributed by atoms with E-state index >= 15 is 0 Å². The van der Waals surface area contributed by atoms with E-state index < -0.39 is 0 Å². The smallest absolute Gasteiger partial charge is 0.142 e. The maximum Gasteiger partial charge on any atom is 0.142 e. The minimum Gasteiger partial charge on any atom is -0.455 e. The summed E-state index contributed by atoms with van der Waals surface area (Å²) >= 11 is 0. The van der Waals surface area contributed by atoms with Gasteiger partial charge in [0.25, 0.3) is 0 Å². The standard InChI is InChI=1S/C23H21NO/c1-12-6-8-15-17(10-12)23(4,5)16-9-7-13(2)21-18(16)19-20(15)24-11-14(3)22(19)25-21/h6-11H,1-5H3. The molecule has 4 aromatic rings. The van der Waals surface area contributed by atoms with Gasteiger partial charge in [0, 0.05) is 28.1 Å². The molecular formula is C23H21NO. The van der Waals surface area contributed by atoms with Crippen molar-refractivity contribution in [1.29, 1.82) is 0 Å². The van der Waals surface area contributed by atoms with Crippen molar-refractivity contribution < 1.29 is 4.42 Å². The van der Waals surface area contributed by atoms with E-state index in [9.17, 15) is 0 Å². The molecule has 0 saturated carbocycles. The first-order valence-electron chi connectivity index (χ1n) is 8.83. The van der Waals surface area contributed by atoms with Gasteiger partial charge in [0.1, 0.15) is 11.2 Å². The SMILES string of the molecule is Cc1ccc2c(c1)C(C)(C)c1ccc(C)c3oc4c(C)cnc-2c4c13. The van der Waals surface area contributed by atoms with Crippen molar-refractivity contribution in [2.24, 2.45) is 0 Å². The molecule has 0 N–H and O–H groups in total. The summed E-state index contributed by atoms with van der Waals surface area (Å²) in [6, 6.07) is 11.2. The van der Waals surface area contributed by atoms with E-state index in [2.05, 4.69) is 65.0 Å². The fourth-order valence-electron chi connectivity index (χ4n) is 4.37. The zero-order chi connectivity index (χ0) is 17.5. The van der Waals surface area contributed by atoms with Crippen LogP contribution in [0.15, 0.2) is 40.9 Å². The summed E-state index contributed by atoms with van der Waals surface area (Å²) in [4.78, 5) is 4.86. The van der Waals surface area contributed by atoms with Crippen LogP contribution in [0.25, 0.3) is 33.2 Å². The van der Waals surface area contributed by atoms with Crippen molar-refractivity contribution in [2.45, 2.75) is 40.0 Å². The second kappa shape index (κ2) is 4.51. The summed E-state index contributed by atoms with van der Waals surface area (Å²) in [5.41, 5.74) is 10.3. The molecule has 1 aliphatic rings. The molecule has 2 nitrogen and oxygen atoms in total. The Morgan fingerprint density at radius 2 is 1.60 bits per heavy atom. The van der Waals surface area contributed by atoms with E-state index in [1.165, 1.54) is 38.6 Å². The lowest BCUT2D eigenvalue weighted by molar-refractivity contribution is 0.640. The zero-order valence-corrected chi connectivity index (χ0v) is 15.3. The van der Waals surface area contributed by atoms with Crippen molar-refractivity contribution in [3.8, 4) is 11.3 Å². The largest absolute Gasteiger partial charge is 0.455 e. The van der Waals surface area contributed by atoms with Crippen LogP contribution in [0.4, 0.5) is 0 Å². The van der Waals surface area contributed by atoms with Crippen molar-refractivity contribution in [1.82, 2.24) is 4.98 Å². The van der Waals surface area contributed by atoms with Gasteiger partial charge in [0.2, 0.25) is 0 Å². The Balaban J connectivity index is 2.14. The lowest BCUT2D eigenvalue weighted by atomic mass is 9.75. The topological polar surface area (TPSA) is 26.0 Å². The number of nitrogens with zero attached hydrogens (tertiary/aromatic N) is 1. The number of aromatic nitrogens is 1. The molecule has 5 rings (SSSR count). The van der Waals surface area contributed by atoms with Crippen LogP contribution in [0.1, 0.15) is 41.7 Å². The molecule has 1 aliphatic carbocycles. The van der Waals surface area contributed by atoms with Crippen LogP contribution in [0.2, 0.25) is 0 Å². The van der Waals surface area contributed by atoms with E-state index in [1.54, 1.807) is 0 Å². The molecule has 2 aromatic heterocycles. The lowest BCUT2D eigenvalue weighted by Gasteiger charge is -2.28. The Bertz CT molecular complexity index is 1190. The summed E-state index contributed by atoms with van der Waals surface area (Å²) in [6.45, 7) is 11.0. The van der Waals surface area contributed by atoms with E-state index in [4.69, 9.17) is 9.40 Å². The summed E-state index contributed by atoms with van der Waals surface area (Å²) < 4.78 is 6.36. The second-order valence-corrected chi connectivity index (χ2v) is 7.90. The van der Waals surface area contributed by atoms with Crippen LogP contribution < -0.4 is 0 Å². The number of furan rings is 1. The molecule has 0 amide bonds. The van der Waals surface area contributed by atoms with Crippen molar-refractivity contribution in [2.75, 3.05) is 0 Å². The number of benzene rings is 2. The van der Waals surface area contributed by atoms with Crippen LogP contribution >= 0.6 is 0 Å². The minimum atomic E-state index is -0.112. The fourth-order valence-corrected chi connectivity index (χ4v) is 4.37. The molecule has 0 spiro atoms. The Kier molecular flexibility index (Phi) is 2.66. The number of pyridine rings is 1. The number of aryl methyl sites for hydroxylation is 3. The van der Waals surface area contributed by atoms with E-state index in [1.807, 2.05) is 6.20 Å². The molecule has 0 bridgehead atoms. The fraction of sp³-hybridized carbons (Fsp3) is 0.261. The second-order valence-electron chi connectivity index (χ2n) is 7.90. The van der Waals surface area contributed by atoms with Crippen LogP contribution in [0.3, 0.4) is 0 Å². The van der Waals surface area contributed by atoms with E-state index in [0.29, 0.717) is 0 Å². The van der Waals surface area contributed by atoms with Gasteiger partial charge in [0.05, 0.1) is 11.1 Å². The molecule has 2 heterocycles. The molecule has 2 aromatic carbocycles. The van der Waals surface area contributed by atoms with Gasteiger partial charge in [-0.3, -0.25) is 4.98 Å². The van der Waals surface area contributed by atoms with Crippen LogP contribution in [0.5, 0.6) is 0 Å². The Labute approximate surface area is 147 Å². The Morgan fingerprint density at radius 3 is 2.40 bits per heavy atom. The molecular weight excluding hydrogens is 306 g/mol. The molecule has 0 atom stereocenters. The first-order valence-corrected chi connectivity index (χ1v) is 8.83. The zero-order valence-electron chi connectivity index (χ0n) is 15.3. The highest BCUT2D eigenvalue weighted by molar-refractivity contribution is 6.16. The number of fused-ring (bicyclic) bond motifs is 2. The maximum atomic E-state index is 6.36. The van der Waals surface area contributed by atoms with Crippen molar-refractivity contribution in [3.63, 3.8) is 0 Å². The summed E-state index contributed by atoms with van der Waals surface area (Å²) in [6.07, 6.45) is 1.94. The highest BCUT2D eigenvalue weighted by atomic mass is 16.3. The monoisotopic (exact) mass is 327 g/mol. The van der Waals surface area contributed by atoms with Gasteiger partial charge in [-0.25, -0.2) is 0 Å². The summed E-state index contributed by atoms with van der Waals surface area (Å²) in [5.74, 6) is 0. The van der Waals surface area contributed by atoms with E-state index in [-0.39, 0.29) is 5.41 Å². The van der Waals surface area contributed by atoms with Gasteiger partial charge in [-0.2, -0.15) is 0 Å². The quantitative estimate of drug-likeness (QED) is 0.383. The third-order valence-electron chi connectivity index (χ3n) is 5.79. The van der Waals surface area contributed by atoms with Gasteiger partial charge in [-0.1, -0.05) is 49.7 Å². The van der Waals surface area contributed by atoms with Crippen LogP contribution in [-0.2, 0) is 5.41 Å². The Hall–Kier alpha value is -2.61. The van der Waals surface area contributed by atoms with Crippen molar-refractivity contribution >= 4 is 21.9 Å². The lowest BCUT2D eigenvalue weighted by Crippen LogP contribution is -2.20. The molecule has 0 fully saturated rings. The summed E-state index contributed by atoms with van der Waals surface area (Å²) in [5, 5.41) is 2.41. The Morgan fingerprint density at radius 1 is 0.840 bits per heavy atom. The molecule has 2 heteroatoms. The number of hydrogen-bond acceptors (Lipinski definition) is 2. The molecule has 25 heavy (non-hydrogen) atoms. The predicted octanol–water partition coefficient (Wildman–Crippen LogP) is 6.21. The molecule has 0 radical (unpaired) electrons. The maximum absolute atomic E-state index is 6.36. The normalized spacial score (nSPS) is 14.9. The third kappa shape index (κ3) is 1.72. The van der Waals surface area contributed by atoms with Gasteiger partial charge < -0.3 is 4.42 Å². The van der Waals surface area contributed by atoms with Gasteiger partial charge in [0.15, 0.2) is 0 Å². The van der Waals surface area contributed by atoms with Gasteiger partial charge in [-0.05, 0) is 37.5 Å². The molecule has 124 valence electrons. The van der Waals surface area contributed by atoms with Crippen LogP contribution in [-0.4, -0.2) is 4.98 Å². The molecule has 0 unspecified atom stereocenters. The minimum absolute atomic E-state index is 0.112. The third-order valence-corrected chi connectivity index (χ3v) is 5.79. The van der Waals surface area contributed by atoms with Gasteiger partial charge in [-0.15, -0.1) is 0 Å². The number of rotatable bonds is 0. The average molecular weight is 327 g/mol. The highest BCUT2D eigenvalue weighted by Crippen LogP contribution is 2.50. The molecule has 0 saturated heterocycles. The van der Waals surface area contributed by atoms with Crippen LogP contribution in [0, 0.1) is 20.8 Å². The first-order chi connectivity index (χ1) is 11.9. The van der Waals surface area contributed by atoms with Crippen molar-refractivity contribution in [3.05, 3.63) is 64.3 Å².